The molecule has 1 atom stereocenters. The summed E-state index contributed by atoms with van der Waals surface area (Å²) in [5.74, 6) is -4.14. The first kappa shape index (κ1) is 18.5. The van der Waals surface area contributed by atoms with E-state index in [-0.39, 0.29) is 24.1 Å². The normalized spacial score (nSPS) is 18.6. The van der Waals surface area contributed by atoms with Gasteiger partial charge in [0.05, 0.1) is 21.8 Å². The van der Waals surface area contributed by atoms with Crippen molar-refractivity contribution in [2.24, 2.45) is 5.92 Å². The highest BCUT2D eigenvalue weighted by molar-refractivity contribution is 6.36. The molecule has 2 aliphatic rings. The zero-order valence-electron chi connectivity index (χ0n) is 14.2. The second kappa shape index (κ2) is 6.92. The van der Waals surface area contributed by atoms with Crippen molar-refractivity contribution < 1.29 is 24.0 Å². The monoisotopic (exact) mass is 418 g/mol. The van der Waals surface area contributed by atoms with Gasteiger partial charge in [0.1, 0.15) is 5.92 Å². The Kier molecular flexibility index (Phi) is 4.56. The number of hydrogen-bond donors (Lipinski definition) is 0. The summed E-state index contributed by atoms with van der Waals surface area (Å²) in [4.78, 5) is 56.2. The molecule has 0 radical (unpaired) electrons. The zero-order chi connectivity index (χ0) is 20.0. The number of hydroxylamine groups is 2. The van der Waals surface area contributed by atoms with E-state index >= 15 is 0 Å². The number of halogens is 2. The molecular formula is C19H12Cl2N2O5. The Bertz CT molecular complexity index is 1000. The minimum atomic E-state index is -1.15. The SMILES string of the molecule is O=C(ON1C(=O)c2ccccc2C1=O)C1CCN(c2cc(Cl)ccc2Cl)C1=O. The zero-order valence-corrected chi connectivity index (χ0v) is 15.7. The van der Waals surface area contributed by atoms with Gasteiger partial charge < -0.3 is 9.74 Å². The van der Waals surface area contributed by atoms with Crippen molar-refractivity contribution in [3.05, 3.63) is 63.6 Å². The number of anilines is 1. The largest absolute Gasteiger partial charge is 0.345 e. The molecule has 0 spiro atoms. The maximum Gasteiger partial charge on any atom is 0.345 e. The highest BCUT2D eigenvalue weighted by Crippen LogP contribution is 2.34. The Hall–Kier alpha value is -2.90. The topological polar surface area (TPSA) is 84.0 Å². The van der Waals surface area contributed by atoms with Crippen LogP contribution >= 0.6 is 23.2 Å². The number of nitrogens with zero attached hydrogens (tertiary/aromatic N) is 2. The van der Waals surface area contributed by atoms with Crippen LogP contribution in [0.3, 0.4) is 0 Å². The molecular weight excluding hydrogens is 407 g/mol. The maximum atomic E-state index is 12.7. The van der Waals surface area contributed by atoms with Crippen LogP contribution in [0.15, 0.2) is 42.5 Å². The highest BCUT2D eigenvalue weighted by Gasteiger charge is 2.44. The van der Waals surface area contributed by atoms with Crippen LogP contribution in [0, 0.1) is 5.92 Å². The third-order valence-electron chi connectivity index (χ3n) is 4.63. The van der Waals surface area contributed by atoms with Crippen molar-refractivity contribution in [1.29, 1.82) is 0 Å². The summed E-state index contributed by atoms with van der Waals surface area (Å²) in [6, 6.07) is 10.8. The van der Waals surface area contributed by atoms with Gasteiger partial charge in [-0.05, 0) is 36.8 Å². The van der Waals surface area contributed by atoms with E-state index in [4.69, 9.17) is 28.0 Å². The molecule has 0 N–H and O–H groups in total. The summed E-state index contributed by atoms with van der Waals surface area (Å²) in [6.07, 6.45) is 0.156. The van der Waals surface area contributed by atoms with E-state index in [1.807, 2.05) is 0 Å². The van der Waals surface area contributed by atoms with E-state index < -0.39 is 29.6 Å². The summed E-state index contributed by atoms with van der Waals surface area (Å²) in [6.45, 7) is 0.223. The van der Waals surface area contributed by atoms with E-state index in [9.17, 15) is 19.2 Å². The van der Waals surface area contributed by atoms with Crippen molar-refractivity contribution in [1.82, 2.24) is 5.06 Å². The lowest BCUT2D eigenvalue weighted by atomic mass is 10.1. The van der Waals surface area contributed by atoms with Gasteiger partial charge >= 0.3 is 5.97 Å². The van der Waals surface area contributed by atoms with Gasteiger partial charge in [-0.25, -0.2) is 4.79 Å². The van der Waals surface area contributed by atoms with Crippen molar-refractivity contribution in [2.45, 2.75) is 6.42 Å². The van der Waals surface area contributed by atoms with E-state index in [1.54, 1.807) is 24.3 Å². The Morgan fingerprint density at radius 1 is 1.00 bits per heavy atom. The van der Waals surface area contributed by atoms with Crippen LogP contribution in [-0.2, 0) is 14.4 Å². The summed E-state index contributed by atoms with van der Waals surface area (Å²) in [5.41, 5.74) is 0.672. The fourth-order valence-electron chi connectivity index (χ4n) is 3.23. The highest BCUT2D eigenvalue weighted by atomic mass is 35.5. The molecule has 1 saturated heterocycles. The smallest absolute Gasteiger partial charge is 0.329 e. The van der Waals surface area contributed by atoms with Crippen LogP contribution in [0.4, 0.5) is 5.69 Å². The molecule has 9 heteroatoms. The average molecular weight is 419 g/mol. The van der Waals surface area contributed by atoms with Crippen LogP contribution in [0.25, 0.3) is 0 Å². The number of benzene rings is 2. The first-order chi connectivity index (χ1) is 13.4. The third-order valence-corrected chi connectivity index (χ3v) is 5.18. The van der Waals surface area contributed by atoms with E-state index in [1.165, 1.54) is 23.1 Å². The van der Waals surface area contributed by atoms with Crippen LogP contribution in [-0.4, -0.2) is 35.3 Å². The van der Waals surface area contributed by atoms with Gasteiger partial charge in [0, 0.05) is 11.6 Å². The lowest BCUT2D eigenvalue weighted by Gasteiger charge is -2.19. The molecule has 0 saturated carbocycles. The standard InChI is InChI=1S/C19H12Cl2N2O5/c20-10-5-6-14(21)15(9-10)22-8-7-13(16(22)24)19(27)28-23-17(25)11-3-1-2-4-12(11)18(23)26/h1-6,9,13H,7-8H2. The minimum absolute atomic E-state index is 0.144. The van der Waals surface area contributed by atoms with Gasteiger partial charge in [-0.2, -0.15) is 0 Å². The molecule has 2 aromatic rings. The number of fused-ring (bicyclic) bond motifs is 1. The minimum Gasteiger partial charge on any atom is -0.329 e. The number of hydrogen-bond acceptors (Lipinski definition) is 5. The second-order valence-corrected chi connectivity index (χ2v) is 7.13. The second-order valence-electron chi connectivity index (χ2n) is 6.29. The fourth-order valence-corrected chi connectivity index (χ4v) is 3.62. The number of carbonyl (C=O) groups excluding carboxylic acids is 4. The van der Waals surface area contributed by atoms with Crippen molar-refractivity contribution >= 4 is 52.6 Å². The molecule has 4 rings (SSSR count). The number of amides is 3. The fraction of sp³-hybridized carbons (Fsp3) is 0.158. The number of carbonyl (C=O) groups is 4. The summed E-state index contributed by atoms with van der Waals surface area (Å²) >= 11 is 12.1. The lowest BCUT2D eigenvalue weighted by molar-refractivity contribution is -0.174. The molecule has 7 nitrogen and oxygen atoms in total. The predicted molar refractivity (Wildman–Crippen MR) is 100.0 cm³/mol. The summed E-state index contributed by atoms with van der Waals surface area (Å²) in [7, 11) is 0. The van der Waals surface area contributed by atoms with Crippen LogP contribution in [0.1, 0.15) is 27.1 Å². The molecule has 28 heavy (non-hydrogen) atoms. The molecule has 2 heterocycles. The Morgan fingerprint density at radius 3 is 2.29 bits per heavy atom. The van der Waals surface area contributed by atoms with Crippen LogP contribution < -0.4 is 4.90 Å². The summed E-state index contributed by atoms with van der Waals surface area (Å²) in [5, 5.41) is 1.10. The number of rotatable bonds is 3. The first-order valence-electron chi connectivity index (χ1n) is 8.34. The third kappa shape index (κ3) is 2.93. The van der Waals surface area contributed by atoms with E-state index in [0.717, 1.165) is 0 Å². The van der Waals surface area contributed by atoms with Gasteiger partial charge in [0.25, 0.3) is 11.8 Å². The van der Waals surface area contributed by atoms with Gasteiger partial charge in [-0.3, -0.25) is 14.4 Å². The lowest BCUT2D eigenvalue weighted by Crippen LogP contribution is -2.38. The van der Waals surface area contributed by atoms with Crippen molar-refractivity contribution in [3.8, 4) is 0 Å². The molecule has 2 aliphatic heterocycles. The molecule has 1 fully saturated rings. The molecule has 0 aliphatic carbocycles. The molecule has 0 aromatic heterocycles. The Labute approximate surface area is 169 Å². The van der Waals surface area contributed by atoms with Gasteiger partial charge in [-0.1, -0.05) is 40.4 Å². The molecule has 3 amide bonds. The Morgan fingerprint density at radius 2 is 1.64 bits per heavy atom. The molecule has 142 valence electrons. The van der Waals surface area contributed by atoms with Gasteiger partial charge in [0.15, 0.2) is 0 Å². The van der Waals surface area contributed by atoms with Crippen molar-refractivity contribution in [2.75, 3.05) is 11.4 Å². The van der Waals surface area contributed by atoms with Gasteiger partial charge in [0.2, 0.25) is 5.91 Å². The van der Waals surface area contributed by atoms with E-state index in [0.29, 0.717) is 20.8 Å². The first-order valence-corrected chi connectivity index (χ1v) is 9.10. The number of imide groups is 1. The van der Waals surface area contributed by atoms with Gasteiger partial charge in [-0.15, -0.1) is 0 Å². The van der Waals surface area contributed by atoms with E-state index in [2.05, 4.69) is 0 Å². The Balaban J connectivity index is 1.51. The summed E-state index contributed by atoms with van der Waals surface area (Å²) < 4.78 is 0. The predicted octanol–water partition coefficient (Wildman–Crippen LogP) is 3.10. The maximum absolute atomic E-state index is 12.7. The molecule has 1 unspecified atom stereocenters. The van der Waals surface area contributed by atoms with Crippen LogP contribution in [0.2, 0.25) is 10.0 Å². The quantitative estimate of drug-likeness (QED) is 0.564. The molecule has 0 bridgehead atoms. The van der Waals surface area contributed by atoms with Crippen LogP contribution in [0.5, 0.6) is 0 Å². The average Bonchev–Trinajstić information content (AvgIpc) is 3.17. The van der Waals surface area contributed by atoms with Crippen molar-refractivity contribution in [3.63, 3.8) is 0 Å². The molecule has 2 aromatic carbocycles.